The molecule has 0 bridgehead atoms. The van der Waals surface area contributed by atoms with Crippen LogP contribution in [0.25, 0.3) is 16.8 Å². The summed E-state index contributed by atoms with van der Waals surface area (Å²) >= 11 is 0. The van der Waals surface area contributed by atoms with E-state index in [-0.39, 0.29) is 0 Å². The molecular formula is C22H24N2. The van der Waals surface area contributed by atoms with Crippen LogP contribution in [-0.4, -0.2) is 9.78 Å². The smallest absolute Gasteiger partial charge is 0.0710 e. The first kappa shape index (κ1) is 15.2. The maximum atomic E-state index is 5.05. The number of hydrogen-bond acceptors (Lipinski definition) is 1. The van der Waals surface area contributed by atoms with E-state index in [2.05, 4.69) is 66.2 Å². The molecule has 0 saturated carbocycles. The molecule has 24 heavy (non-hydrogen) atoms. The van der Waals surface area contributed by atoms with Crippen LogP contribution in [0, 0.1) is 0 Å². The third-order valence-electron chi connectivity index (χ3n) is 4.99. The Balaban J connectivity index is 1.84. The van der Waals surface area contributed by atoms with Crippen molar-refractivity contribution in [2.75, 3.05) is 0 Å². The number of benzene rings is 2. The molecule has 1 heterocycles. The Hall–Kier alpha value is -2.35. The lowest BCUT2D eigenvalue weighted by atomic mass is 9.87. The summed E-state index contributed by atoms with van der Waals surface area (Å²) in [6.07, 6.45) is 6.99. The van der Waals surface area contributed by atoms with Crippen LogP contribution in [0.2, 0.25) is 0 Å². The highest BCUT2D eigenvalue weighted by molar-refractivity contribution is 5.75. The average Bonchev–Trinajstić information content (AvgIpc) is 3.02. The first-order chi connectivity index (χ1) is 11.9. The molecule has 4 rings (SSSR count). The van der Waals surface area contributed by atoms with Crippen LogP contribution in [0.1, 0.15) is 43.1 Å². The van der Waals surface area contributed by atoms with E-state index in [4.69, 9.17) is 5.10 Å². The molecule has 0 amide bonds. The van der Waals surface area contributed by atoms with Crippen molar-refractivity contribution < 1.29 is 0 Å². The van der Waals surface area contributed by atoms with Gasteiger partial charge in [0.25, 0.3) is 0 Å². The van der Waals surface area contributed by atoms with Gasteiger partial charge in [0.1, 0.15) is 0 Å². The van der Waals surface area contributed by atoms with Gasteiger partial charge >= 0.3 is 0 Å². The summed E-state index contributed by atoms with van der Waals surface area (Å²) in [6.45, 7) is 2.26. The highest BCUT2D eigenvalue weighted by Gasteiger charge is 2.25. The average molecular weight is 316 g/mol. The van der Waals surface area contributed by atoms with Crippen molar-refractivity contribution >= 4 is 0 Å². The van der Waals surface area contributed by atoms with Crippen LogP contribution < -0.4 is 0 Å². The summed E-state index contributed by atoms with van der Waals surface area (Å²) in [5.41, 5.74) is 8.09. The molecule has 0 saturated heterocycles. The molecule has 2 aromatic carbocycles. The van der Waals surface area contributed by atoms with Gasteiger partial charge in [0.15, 0.2) is 0 Å². The highest BCUT2D eigenvalue weighted by Crippen LogP contribution is 2.37. The van der Waals surface area contributed by atoms with Gasteiger partial charge in [0, 0.05) is 5.56 Å². The van der Waals surface area contributed by atoms with Crippen LogP contribution in [0.3, 0.4) is 0 Å². The first-order valence-electron chi connectivity index (χ1n) is 9.13. The largest absolute Gasteiger partial charge is 0.237 e. The molecule has 122 valence electrons. The number of hydrogen-bond donors (Lipinski definition) is 0. The second-order valence-electron chi connectivity index (χ2n) is 6.63. The lowest BCUT2D eigenvalue weighted by Gasteiger charge is -2.18. The molecule has 3 aromatic rings. The topological polar surface area (TPSA) is 17.8 Å². The Bertz CT molecular complexity index is 830. The van der Waals surface area contributed by atoms with Gasteiger partial charge in [-0.25, -0.2) is 4.68 Å². The Morgan fingerprint density at radius 3 is 2.54 bits per heavy atom. The van der Waals surface area contributed by atoms with Crippen LogP contribution in [-0.2, 0) is 19.3 Å². The van der Waals surface area contributed by atoms with E-state index in [1.54, 1.807) is 0 Å². The van der Waals surface area contributed by atoms with Gasteiger partial charge in [-0.2, -0.15) is 5.10 Å². The summed E-state index contributed by atoms with van der Waals surface area (Å²) in [5.74, 6) is 0. The molecule has 0 spiro atoms. The maximum Gasteiger partial charge on any atom is 0.0710 e. The van der Waals surface area contributed by atoms with Gasteiger partial charge in [-0.15, -0.1) is 0 Å². The summed E-state index contributed by atoms with van der Waals surface area (Å²) < 4.78 is 2.19. The molecule has 2 nitrogen and oxygen atoms in total. The summed E-state index contributed by atoms with van der Waals surface area (Å²) in [4.78, 5) is 0. The van der Waals surface area contributed by atoms with Crippen molar-refractivity contribution in [1.82, 2.24) is 9.78 Å². The van der Waals surface area contributed by atoms with E-state index in [0.717, 1.165) is 19.3 Å². The minimum absolute atomic E-state index is 1.07. The molecule has 0 fully saturated rings. The Kier molecular flexibility index (Phi) is 4.20. The predicted octanol–water partition coefficient (Wildman–Crippen LogP) is 5.37. The van der Waals surface area contributed by atoms with E-state index >= 15 is 0 Å². The lowest BCUT2D eigenvalue weighted by molar-refractivity contribution is 0.695. The molecule has 0 N–H and O–H groups in total. The van der Waals surface area contributed by atoms with Crippen LogP contribution in [0.15, 0.2) is 54.6 Å². The highest BCUT2D eigenvalue weighted by atomic mass is 15.3. The monoisotopic (exact) mass is 316 g/mol. The molecule has 0 unspecified atom stereocenters. The van der Waals surface area contributed by atoms with Crippen molar-refractivity contribution in [3.63, 3.8) is 0 Å². The number of para-hydroxylation sites is 1. The number of aryl methyl sites for hydroxylation is 2. The molecule has 2 heteroatoms. The molecule has 1 aliphatic rings. The molecule has 0 atom stereocenters. The number of nitrogens with zero attached hydrogens (tertiary/aromatic N) is 2. The number of fused-ring (bicyclic) bond motifs is 3. The summed E-state index contributed by atoms with van der Waals surface area (Å²) in [7, 11) is 0. The number of aromatic nitrogens is 2. The lowest BCUT2D eigenvalue weighted by Crippen LogP contribution is -2.08. The van der Waals surface area contributed by atoms with Crippen molar-refractivity contribution in [2.24, 2.45) is 0 Å². The van der Waals surface area contributed by atoms with Crippen molar-refractivity contribution in [2.45, 2.75) is 45.4 Å². The van der Waals surface area contributed by atoms with Gasteiger partial charge in [-0.05, 0) is 48.9 Å². The van der Waals surface area contributed by atoms with E-state index in [9.17, 15) is 0 Å². The predicted molar refractivity (Wildman–Crippen MR) is 99.6 cm³/mol. The molecule has 0 aliphatic heterocycles. The van der Waals surface area contributed by atoms with Gasteiger partial charge in [0.2, 0.25) is 0 Å². The standard InChI is InChI=1S/C22H24N2/c1-2-3-5-14-20-22-19-13-9-8-10-17(19)15-16-21(22)24(23-20)18-11-6-4-7-12-18/h4,6-13H,2-3,5,14-16H2,1H3. The van der Waals surface area contributed by atoms with Gasteiger partial charge in [-0.1, -0.05) is 62.2 Å². The fourth-order valence-electron chi connectivity index (χ4n) is 3.78. The Morgan fingerprint density at radius 1 is 0.917 bits per heavy atom. The molecule has 1 aromatic heterocycles. The first-order valence-corrected chi connectivity index (χ1v) is 9.13. The normalized spacial score (nSPS) is 12.7. The van der Waals surface area contributed by atoms with E-state index < -0.39 is 0 Å². The second kappa shape index (κ2) is 6.64. The van der Waals surface area contributed by atoms with Crippen LogP contribution in [0.4, 0.5) is 0 Å². The second-order valence-corrected chi connectivity index (χ2v) is 6.63. The van der Waals surface area contributed by atoms with E-state index in [0.29, 0.717) is 0 Å². The van der Waals surface area contributed by atoms with Gasteiger partial charge in [-0.3, -0.25) is 0 Å². The van der Waals surface area contributed by atoms with Crippen molar-refractivity contribution in [3.8, 4) is 16.8 Å². The van der Waals surface area contributed by atoms with Gasteiger partial charge in [0.05, 0.1) is 17.1 Å². The van der Waals surface area contributed by atoms with Gasteiger partial charge < -0.3 is 0 Å². The number of rotatable bonds is 5. The SMILES string of the molecule is CCCCCc1nn(-c2ccccc2)c2c1-c1ccccc1CC2. The summed E-state index contributed by atoms with van der Waals surface area (Å²) in [6, 6.07) is 19.4. The minimum atomic E-state index is 1.07. The fourth-order valence-corrected chi connectivity index (χ4v) is 3.78. The zero-order valence-corrected chi connectivity index (χ0v) is 14.3. The number of unbranched alkanes of at least 4 members (excludes halogenated alkanes) is 2. The quantitative estimate of drug-likeness (QED) is 0.579. The zero-order valence-electron chi connectivity index (χ0n) is 14.3. The fraction of sp³-hybridized carbons (Fsp3) is 0.318. The molecule has 0 radical (unpaired) electrons. The molecule has 1 aliphatic carbocycles. The van der Waals surface area contributed by atoms with Crippen molar-refractivity contribution in [1.29, 1.82) is 0 Å². The van der Waals surface area contributed by atoms with Crippen LogP contribution in [0.5, 0.6) is 0 Å². The Morgan fingerprint density at radius 2 is 1.71 bits per heavy atom. The third-order valence-corrected chi connectivity index (χ3v) is 4.99. The third kappa shape index (κ3) is 2.66. The Labute approximate surface area is 144 Å². The van der Waals surface area contributed by atoms with Crippen LogP contribution >= 0.6 is 0 Å². The van der Waals surface area contributed by atoms with E-state index in [1.807, 2.05) is 0 Å². The molecular weight excluding hydrogens is 292 g/mol. The summed E-state index contributed by atoms with van der Waals surface area (Å²) in [5, 5.41) is 5.05. The maximum absolute atomic E-state index is 5.05. The van der Waals surface area contributed by atoms with Crippen molar-refractivity contribution in [3.05, 3.63) is 71.5 Å². The van der Waals surface area contributed by atoms with E-state index in [1.165, 1.54) is 53.0 Å². The zero-order chi connectivity index (χ0) is 16.4. The minimum Gasteiger partial charge on any atom is -0.237 e.